The number of aromatic nitrogens is 3. The maximum absolute atomic E-state index is 12.5. The van der Waals surface area contributed by atoms with Crippen LogP contribution in [0.5, 0.6) is 5.75 Å². The van der Waals surface area contributed by atoms with Crippen molar-refractivity contribution in [2.75, 3.05) is 13.4 Å². The number of hydrogen-bond donors (Lipinski definition) is 0. The highest BCUT2D eigenvalue weighted by molar-refractivity contribution is 7.92. The van der Waals surface area contributed by atoms with Crippen LogP contribution in [0.1, 0.15) is 0 Å². The predicted molar refractivity (Wildman–Crippen MR) is 87.0 cm³/mol. The summed E-state index contributed by atoms with van der Waals surface area (Å²) in [5, 5.41) is 0. The first-order chi connectivity index (χ1) is 10.5. The van der Waals surface area contributed by atoms with Gasteiger partial charge in [-0.25, -0.2) is 4.98 Å². The van der Waals surface area contributed by atoms with Gasteiger partial charge in [-0.3, -0.25) is 9.36 Å². The van der Waals surface area contributed by atoms with Crippen molar-refractivity contribution in [3.8, 4) is 17.1 Å². The predicted octanol–water partition coefficient (Wildman–Crippen LogP) is 1.80. The summed E-state index contributed by atoms with van der Waals surface area (Å²) in [6, 6.07) is 7.36. The fourth-order valence-corrected chi connectivity index (χ4v) is 3.72. The van der Waals surface area contributed by atoms with Crippen molar-refractivity contribution in [2.45, 2.75) is 4.34 Å². The molecule has 1 aromatic carbocycles. The van der Waals surface area contributed by atoms with Crippen LogP contribution in [0.2, 0.25) is 0 Å². The molecule has 8 heteroatoms. The molecule has 114 valence electrons. The van der Waals surface area contributed by atoms with Crippen molar-refractivity contribution in [1.29, 1.82) is 0 Å². The van der Waals surface area contributed by atoms with Crippen LogP contribution in [-0.2, 0) is 18.2 Å². The van der Waals surface area contributed by atoms with Crippen LogP contribution in [0.25, 0.3) is 21.7 Å². The molecule has 22 heavy (non-hydrogen) atoms. The van der Waals surface area contributed by atoms with Gasteiger partial charge < -0.3 is 9.29 Å². The van der Waals surface area contributed by atoms with E-state index in [-0.39, 0.29) is 11.1 Å². The normalized spacial score (nSPS) is 12.5. The quantitative estimate of drug-likeness (QED) is 0.682. The van der Waals surface area contributed by atoms with Crippen molar-refractivity contribution in [3.63, 3.8) is 0 Å². The first kappa shape index (κ1) is 15.0. The van der Waals surface area contributed by atoms with Gasteiger partial charge in [0.15, 0.2) is 10.3 Å². The lowest BCUT2D eigenvalue weighted by Gasteiger charge is -2.10. The minimum atomic E-state index is -1.24. The van der Waals surface area contributed by atoms with Gasteiger partial charge >= 0.3 is 4.34 Å². The van der Waals surface area contributed by atoms with Gasteiger partial charge in [0.2, 0.25) is 0 Å². The molecular formula is C14H13N3O3S2. The Kier molecular flexibility index (Phi) is 3.90. The van der Waals surface area contributed by atoms with Crippen molar-refractivity contribution >= 4 is 32.9 Å². The molecule has 0 saturated carbocycles. The average molecular weight is 335 g/mol. The molecule has 0 aliphatic heterocycles. The van der Waals surface area contributed by atoms with Gasteiger partial charge in [-0.1, -0.05) is 12.1 Å². The lowest BCUT2D eigenvalue weighted by atomic mass is 10.2. The summed E-state index contributed by atoms with van der Waals surface area (Å²) in [6.45, 7) is 0. The third-order valence-electron chi connectivity index (χ3n) is 3.22. The Morgan fingerprint density at radius 2 is 2.05 bits per heavy atom. The number of hydrogen-bond acceptors (Lipinski definition) is 6. The maximum Gasteiger partial charge on any atom is 0.304 e. The molecule has 0 bridgehead atoms. The van der Waals surface area contributed by atoms with Gasteiger partial charge in [-0.15, -0.1) is 0 Å². The van der Waals surface area contributed by atoms with Crippen LogP contribution in [0.15, 0.2) is 33.4 Å². The fraction of sp³-hybridized carbons (Fsp3) is 0.214. The molecule has 1 atom stereocenters. The number of benzene rings is 1. The summed E-state index contributed by atoms with van der Waals surface area (Å²) in [5.41, 5.74) is 0.703. The van der Waals surface area contributed by atoms with Gasteiger partial charge in [0.05, 0.1) is 12.7 Å². The Balaban J connectivity index is 2.31. The minimum absolute atomic E-state index is 0.247. The molecule has 0 fully saturated rings. The van der Waals surface area contributed by atoms with Crippen molar-refractivity contribution in [3.05, 3.63) is 34.6 Å². The van der Waals surface area contributed by atoms with E-state index < -0.39 is 11.2 Å². The van der Waals surface area contributed by atoms with Crippen LogP contribution < -0.4 is 10.3 Å². The molecule has 1 unspecified atom stereocenters. The van der Waals surface area contributed by atoms with Crippen LogP contribution in [0.4, 0.5) is 0 Å². The minimum Gasteiger partial charge on any atom is -0.610 e. The van der Waals surface area contributed by atoms with Gasteiger partial charge in [-0.05, 0) is 23.5 Å². The smallest absolute Gasteiger partial charge is 0.304 e. The van der Waals surface area contributed by atoms with E-state index in [0.29, 0.717) is 20.7 Å². The SMILES string of the molecule is COc1ccccc1-c1nc2sc([S+](C)[O-])nc2c(=O)n1C. The van der Waals surface area contributed by atoms with E-state index in [2.05, 4.69) is 9.97 Å². The molecule has 0 N–H and O–H groups in total. The molecule has 2 heterocycles. The van der Waals surface area contributed by atoms with Crippen LogP contribution >= 0.6 is 11.3 Å². The monoisotopic (exact) mass is 335 g/mol. The second-order valence-corrected chi connectivity index (χ2v) is 7.12. The molecule has 0 spiro atoms. The molecule has 3 rings (SSSR count). The number of para-hydroxylation sites is 1. The number of fused-ring (bicyclic) bond motifs is 1. The Morgan fingerprint density at radius 1 is 1.32 bits per heavy atom. The number of methoxy groups -OCH3 is 1. The van der Waals surface area contributed by atoms with E-state index in [1.54, 1.807) is 14.2 Å². The third kappa shape index (κ3) is 2.39. The summed E-state index contributed by atoms with van der Waals surface area (Å²) < 4.78 is 18.7. The lowest BCUT2D eigenvalue weighted by Crippen LogP contribution is -2.20. The van der Waals surface area contributed by atoms with Crippen LogP contribution in [0, 0.1) is 0 Å². The number of thiazole rings is 1. The van der Waals surface area contributed by atoms with E-state index in [1.807, 2.05) is 24.3 Å². The largest absolute Gasteiger partial charge is 0.610 e. The van der Waals surface area contributed by atoms with Gasteiger partial charge in [0, 0.05) is 18.2 Å². The van der Waals surface area contributed by atoms with Gasteiger partial charge in [0.1, 0.15) is 17.8 Å². The highest BCUT2D eigenvalue weighted by Crippen LogP contribution is 2.29. The molecule has 3 aromatic rings. The second-order valence-electron chi connectivity index (χ2n) is 4.59. The molecule has 0 saturated heterocycles. The maximum atomic E-state index is 12.5. The first-order valence-electron chi connectivity index (χ1n) is 6.37. The molecule has 0 amide bonds. The van der Waals surface area contributed by atoms with E-state index >= 15 is 0 Å². The number of ether oxygens (including phenoxy) is 1. The Hall–Kier alpha value is -1.90. The summed E-state index contributed by atoms with van der Waals surface area (Å²) in [4.78, 5) is 21.6. The summed E-state index contributed by atoms with van der Waals surface area (Å²) >= 11 is -0.0650. The van der Waals surface area contributed by atoms with Crippen molar-refractivity contribution in [2.24, 2.45) is 7.05 Å². The zero-order chi connectivity index (χ0) is 15.9. The molecule has 0 aliphatic rings. The average Bonchev–Trinajstić information content (AvgIpc) is 2.95. The molecule has 6 nitrogen and oxygen atoms in total. The standard InChI is InChI=1S/C14H13N3O3S2/c1-17-11(8-6-4-5-7-9(8)20-2)16-12-10(13(17)18)15-14(21-12)22(3)19/h4-7H,1-3H3. The van der Waals surface area contributed by atoms with Crippen molar-refractivity contribution < 1.29 is 9.29 Å². The highest BCUT2D eigenvalue weighted by Gasteiger charge is 2.20. The Bertz CT molecular complexity index is 902. The molecule has 0 radical (unpaired) electrons. The van der Waals surface area contributed by atoms with E-state index in [1.165, 1.54) is 22.2 Å². The van der Waals surface area contributed by atoms with E-state index in [0.717, 1.165) is 5.56 Å². The second kappa shape index (κ2) is 5.71. The topological polar surface area (TPSA) is 80.1 Å². The molecule has 2 aromatic heterocycles. The summed E-state index contributed by atoms with van der Waals surface area (Å²) in [5.74, 6) is 1.13. The Morgan fingerprint density at radius 3 is 2.73 bits per heavy atom. The third-order valence-corrected chi connectivity index (χ3v) is 5.50. The molecule has 0 aliphatic carbocycles. The highest BCUT2D eigenvalue weighted by atomic mass is 32.2. The zero-order valence-electron chi connectivity index (χ0n) is 12.2. The summed E-state index contributed by atoms with van der Waals surface area (Å²) in [6.07, 6.45) is 1.53. The number of rotatable bonds is 3. The zero-order valence-corrected chi connectivity index (χ0v) is 13.8. The van der Waals surface area contributed by atoms with Crippen LogP contribution in [-0.4, -0.2) is 32.5 Å². The van der Waals surface area contributed by atoms with Crippen molar-refractivity contribution in [1.82, 2.24) is 14.5 Å². The van der Waals surface area contributed by atoms with Gasteiger partial charge in [-0.2, -0.15) is 4.98 Å². The van der Waals surface area contributed by atoms with E-state index in [4.69, 9.17) is 4.74 Å². The summed E-state index contributed by atoms with van der Waals surface area (Å²) in [7, 11) is 3.21. The van der Waals surface area contributed by atoms with E-state index in [9.17, 15) is 9.35 Å². The van der Waals surface area contributed by atoms with Crippen LogP contribution in [0.3, 0.4) is 0 Å². The molecular weight excluding hydrogens is 322 g/mol. The Labute approximate surface area is 133 Å². The van der Waals surface area contributed by atoms with Gasteiger partial charge in [0.25, 0.3) is 5.56 Å². The fourth-order valence-electron chi connectivity index (χ4n) is 2.13. The lowest BCUT2D eigenvalue weighted by molar-refractivity contribution is 0.416. The number of nitrogens with zero attached hydrogens (tertiary/aromatic N) is 3. The first-order valence-corrected chi connectivity index (χ1v) is 8.74.